The van der Waals surface area contributed by atoms with Gasteiger partial charge in [0.2, 0.25) is 5.91 Å². The quantitative estimate of drug-likeness (QED) is 0.874. The SMILES string of the molecule is O=C(Cc1cccnc1)N[C@H](c1c(F)cccc1F)C(F)(F)F. The van der Waals surface area contributed by atoms with Gasteiger partial charge in [0.1, 0.15) is 11.6 Å². The van der Waals surface area contributed by atoms with Crippen LogP contribution in [0.25, 0.3) is 0 Å². The molecule has 2 aromatic rings. The van der Waals surface area contributed by atoms with Crippen molar-refractivity contribution < 1.29 is 26.7 Å². The van der Waals surface area contributed by atoms with Crippen LogP contribution in [0.4, 0.5) is 22.0 Å². The predicted octanol–water partition coefficient (Wildman–Crippen LogP) is 3.32. The van der Waals surface area contributed by atoms with Crippen molar-refractivity contribution in [2.75, 3.05) is 0 Å². The van der Waals surface area contributed by atoms with E-state index in [4.69, 9.17) is 0 Å². The second-order valence-electron chi connectivity index (χ2n) is 4.72. The molecule has 0 saturated carbocycles. The molecule has 0 spiro atoms. The maximum Gasteiger partial charge on any atom is 0.413 e. The number of nitrogens with zero attached hydrogens (tertiary/aromatic N) is 1. The van der Waals surface area contributed by atoms with Crippen molar-refractivity contribution in [3.63, 3.8) is 0 Å². The number of benzene rings is 1. The van der Waals surface area contributed by atoms with Crippen LogP contribution in [0.15, 0.2) is 42.7 Å². The van der Waals surface area contributed by atoms with Crippen molar-refractivity contribution >= 4 is 5.91 Å². The summed E-state index contributed by atoms with van der Waals surface area (Å²) in [5.41, 5.74) is -0.862. The van der Waals surface area contributed by atoms with Crippen molar-refractivity contribution in [3.05, 3.63) is 65.5 Å². The van der Waals surface area contributed by atoms with Crippen LogP contribution in [-0.2, 0) is 11.2 Å². The normalized spacial score (nSPS) is 12.7. The molecule has 23 heavy (non-hydrogen) atoms. The van der Waals surface area contributed by atoms with Gasteiger partial charge in [-0.25, -0.2) is 8.78 Å². The largest absolute Gasteiger partial charge is 0.413 e. The molecule has 1 aromatic heterocycles. The Morgan fingerprint density at radius 3 is 2.30 bits per heavy atom. The Hall–Kier alpha value is -2.51. The van der Waals surface area contributed by atoms with Crippen molar-refractivity contribution in [1.29, 1.82) is 0 Å². The third-order valence-electron chi connectivity index (χ3n) is 3.01. The van der Waals surface area contributed by atoms with Crippen LogP contribution in [0.5, 0.6) is 0 Å². The number of amides is 1. The molecule has 1 aromatic carbocycles. The summed E-state index contributed by atoms with van der Waals surface area (Å²) in [4.78, 5) is 15.5. The fraction of sp³-hybridized carbons (Fsp3) is 0.200. The van der Waals surface area contributed by atoms with Crippen molar-refractivity contribution in [1.82, 2.24) is 10.3 Å². The number of aromatic nitrogens is 1. The smallest absolute Gasteiger partial charge is 0.340 e. The Labute approximate surface area is 128 Å². The summed E-state index contributed by atoms with van der Waals surface area (Å²) >= 11 is 0. The number of carbonyl (C=O) groups excluding carboxylic acids is 1. The minimum absolute atomic E-state index is 0.375. The van der Waals surface area contributed by atoms with Crippen LogP contribution >= 0.6 is 0 Å². The average molecular weight is 330 g/mol. The van der Waals surface area contributed by atoms with Crippen LogP contribution in [0.3, 0.4) is 0 Å². The third-order valence-corrected chi connectivity index (χ3v) is 3.01. The highest BCUT2D eigenvalue weighted by molar-refractivity contribution is 5.79. The van der Waals surface area contributed by atoms with Crippen LogP contribution < -0.4 is 5.32 Å². The first-order chi connectivity index (χ1) is 10.8. The lowest BCUT2D eigenvalue weighted by atomic mass is 10.0. The van der Waals surface area contributed by atoms with E-state index >= 15 is 0 Å². The molecule has 1 atom stereocenters. The minimum atomic E-state index is -5.05. The molecule has 0 aliphatic heterocycles. The third kappa shape index (κ3) is 4.24. The van der Waals surface area contributed by atoms with E-state index in [9.17, 15) is 26.7 Å². The summed E-state index contributed by atoms with van der Waals surface area (Å²) < 4.78 is 66.5. The van der Waals surface area contributed by atoms with Gasteiger partial charge in [0.05, 0.1) is 12.0 Å². The molecule has 8 heteroatoms. The second-order valence-corrected chi connectivity index (χ2v) is 4.72. The molecule has 3 nitrogen and oxygen atoms in total. The van der Waals surface area contributed by atoms with Gasteiger partial charge in [-0.15, -0.1) is 0 Å². The maximum atomic E-state index is 13.6. The number of hydrogen-bond donors (Lipinski definition) is 1. The summed E-state index contributed by atoms with van der Waals surface area (Å²) in [6.07, 6.45) is -2.69. The highest BCUT2D eigenvalue weighted by atomic mass is 19.4. The number of halogens is 5. The zero-order valence-electron chi connectivity index (χ0n) is 11.6. The van der Waals surface area contributed by atoms with E-state index < -0.39 is 41.7 Å². The number of carbonyl (C=O) groups is 1. The van der Waals surface area contributed by atoms with Gasteiger partial charge in [0.15, 0.2) is 6.04 Å². The van der Waals surface area contributed by atoms with Gasteiger partial charge in [-0.05, 0) is 23.8 Å². The topological polar surface area (TPSA) is 42.0 Å². The van der Waals surface area contributed by atoms with Crippen LogP contribution in [0.2, 0.25) is 0 Å². The number of nitrogens with one attached hydrogen (secondary N) is 1. The summed E-state index contributed by atoms with van der Waals surface area (Å²) in [6, 6.07) is 2.58. The highest BCUT2D eigenvalue weighted by Gasteiger charge is 2.44. The molecule has 1 N–H and O–H groups in total. The van der Waals surface area contributed by atoms with Gasteiger partial charge in [-0.2, -0.15) is 13.2 Å². The first-order valence-corrected chi connectivity index (χ1v) is 6.48. The number of hydrogen-bond acceptors (Lipinski definition) is 2. The first-order valence-electron chi connectivity index (χ1n) is 6.48. The summed E-state index contributed by atoms with van der Waals surface area (Å²) in [5, 5.41) is 1.63. The molecule has 0 aliphatic rings. The molecule has 0 fully saturated rings. The zero-order valence-corrected chi connectivity index (χ0v) is 11.6. The summed E-state index contributed by atoms with van der Waals surface area (Å²) in [6.45, 7) is 0. The van der Waals surface area contributed by atoms with E-state index in [1.54, 1.807) is 5.32 Å². The number of rotatable bonds is 4. The summed E-state index contributed by atoms with van der Waals surface area (Å²) in [5.74, 6) is -3.79. The molecule has 2 rings (SSSR count). The molecule has 0 unspecified atom stereocenters. The predicted molar refractivity (Wildman–Crippen MR) is 71.2 cm³/mol. The monoisotopic (exact) mass is 330 g/mol. The maximum absolute atomic E-state index is 13.6. The Bertz CT molecular complexity index is 668. The lowest BCUT2D eigenvalue weighted by Crippen LogP contribution is -2.40. The van der Waals surface area contributed by atoms with E-state index in [0.29, 0.717) is 17.7 Å². The Morgan fingerprint density at radius 2 is 1.78 bits per heavy atom. The van der Waals surface area contributed by atoms with Gasteiger partial charge >= 0.3 is 6.18 Å². The minimum Gasteiger partial charge on any atom is -0.340 e. The average Bonchev–Trinajstić information content (AvgIpc) is 2.46. The second kappa shape index (κ2) is 6.72. The Morgan fingerprint density at radius 1 is 1.13 bits per heavy atom. The molecule has 0 radical (unpaired) electrons. The van der Waals surface area contributed by atoms with Crippen molar-refractivity contribution in [3.8, 4) is 0 Å². The standard InChI is InChI=1S/C15H11F5N2O/c16-10-4-1-5-11(17)13(10)14(15(18,19)20)22-12(23)7-9-3-2-6-21-8-9/h1-6,8,14H,7H2,(H,22,23)/t14-/m1/s1. The first kappa shape index (κ1) is 16.9. The molecule has 122 valence electrons. The van der Waals surface area contributed by atoms with Gasteiger partial charge in [0.25, 0.3) is 0 Å². The van der Waals surface area contributed by atoms with E-state index in [-0.39, 0.29) is 0 Å². The fourth-order valence-corrected chi connectivity index (χ4v) is 2.00. The molecular weight excluding hydrogens is 319 g/mol. The molecule has 0 bridgehead atoms. The lowest BCUT2D eigenvalue weighted by Gasteiger charge is -2.23. The number of alkyl halides is 3. The Balaban J connectivity index is 2.25. The van der Waals surface area contributed by atoms with E-state index in [1.165, 1.54) is 24.5 Å². The molecular formula is C15H11F5N2O. The van der Waals surface area contributed by atoms with Crippen LogP contribution in [0, 0.1) is 11.6 Å². The molecule has 0 saturated heterocycles. The van der Waals surface area contributed by atoms with Crippen LogP contribution in [0.1, 0.15) is 17.2 Å². The van der Waals surface area contributed by atoms with Crippen molar-refractivity contribution in [2.45, 2.75) is 18.6 Å². The Kier molecular flexibility index (Phi) is 4.92. The summed E-state index contributed by atoms with van der Waals surface area (Å²) in [7, 11) is 0. The number of pyridine rings is 1. The van der Waals surface area contributed by atoms with Gasteiger partial charge in [-0.1, -0.05) is 12.1 Å². The lowest BCUT2D eigenvalue weighted by molar-refractivity contribution is -0.164. The van der Waals surface area contributed by atoms with E-state index in [1.807, 2.05) is 0 Å². The fourth-order valence-electron chi connectivity index (χ4n) is 2.00. The van der Waals surface area contributed by atoms with Crippen LogP contribution in [-0.4, -0.2) is 17.1 Å². The van der Waals surface area contributed by atoms with E-state index in [0.717, 1.165) is 6.07 Å². The molecule has 0 aliphatic carbocycles. The molecule has 1 heterocycles. The molecule has 1 amide bonds. The van der Waals surface area contributed by atoms with Gasteiger partial charge < -0.3 is 5.32 Å². The zero-order chi connectivity index (χ0) is 17.0. The van der Waals surface area contributed by atoms with Crippen molar-refractivity contribution in [2.24, 2.45) is 0 Å². The highest BCUT2D eigenvalue weighted by Crippen LogP contribution is 2.35. The van der Waals surface area contributed by atoms with E-state index in [2.05, 4.69) is 4.98 Å². The van der Waals surface area contributed by atoms with Gasteiger partial charge in [0, 0.05) is 12.4 Å². The van der Waals surface area contributed by atoms with Gasteiger partial charge in [-0.3, -0.25) is 9.78 Å².